The lowest BCUT2D eigenvalue weighted by molar-refractivity contribution is -0.120. The minimum Gasteiger partial charge on any atom is -0.323 e. The molecule has 0 aliphatic carbocycles. The first-order valence-electron chi connectivity index (χ1n) is 9.45. The third kappa shape index (κ3) is 18.6. The van der Waals surface area contributed by atoms with E-state index in [-0.39, 0.29) is 5.91 Å². The molecule has 0 fully saturated rings. The molecule has 1 N–H and O–H groups in total. The molecule has 0 heterocycles. The molecule has 3 heteroatoms. The van der Waals surface area contributed by atoms with E-state index in [4.69, 9.17) is 0 Å². The molecule has 23 heavy (non-hydrogen) atoms. The van der Waals surface area contributed by atoms with Gasteiger partial charge < -0.3 is 5.32 Å². The van der Waals surface area contributed by atoms with Crippen molar-refractivity contribution < 1.29 is 9.59 Å². The van der Waals surface area contributed by atoms with Gasteiger partial charge in [-0.05, 0) is 32.1 Å². The van der Waals surface area contributed by atoms with Gasteiger partial charge in [0.05, 0.1) is 6.20 Å². The molecule has 0 aromatic rings. The van der Waals surface area contributed by atoms with E-state index in [2.05, 4.69) is 24.4 Å². The predicted molar refractivity (Wildman–Crippen MR) is 97.9 cm³/mol. The average Bonchev–Trinajstić information content (AvgIpc) is 2.56. The molecule has 0 unspecified atom stereocenters. The highest BCUT2D eigenvalue weighted by molar-refractivity contribution is 5.78. The maximum Gasteiger partial charge on any atom is 0.224 e. The second kappa shape index (κ2) is 18.7. The number of nitrogens with one attached hydrogen (secondary N) is 1. The van der Waals surface area contributed by atoms with E-state index in [0.29, 0.717) is 6.42 Å². The summed E-state index contributed by atoms with van der Waals surface area (Å²) >= 11 is 0. The van der Waals surface area contributed by atoms with Gasteiger partial charge in [0.25, 0.3) is 0 Å². The third-order valence-corrected chi connectivity index (χ3v) is 3.96. The monoisotopic (exact) mass is 321 g/mol. The van der Waals surface area contributed by atoms with Crippen LogP contribution in [-0.2, 0) is 9.59 Å². The standard InChI is InChI=1S/C20H35NO2/c1-2-3-4-5-6-7-8-9-10-11-12-13-14-15-16-17-20(23)21-18-19-22/h9-10,18H,2-8,11-17H2,1H3,(H,21,23)/b10-9-. The highest BCUT2D eigenvalue weighted by Crippen LogP contribution is 2.09. The number of hydrogen-bond acceptors (Lipinski definition) is 2. The first-order chi connectivity index (χ1) is 11.3. The Labute approximate surface area is 142 Å². The van der Waals surface area contributed by atoms with E-state index in [1.54, 1.807) is 0 Å². The van der Waals surface area contributed by atoms with Crippen LogP contribution < -0.4 is 5.32 Å². The normalized spacial score (nSPS) is 10.7. The van der Waals surface area contributed by atoms with Crippen LogP contribution in [0.4, 0.5) is 0 Å². The number of amides is 1. The molecule has 0 spiro atoms. The van der Waals surface area contributed by atoms with Crippen LogP contribution in [0.1, 0.15) is 96.8 Å². The van der Waals surface area contributed by atoms with Gasteiger partial charge in [0.15, 0.2) is 0 Å². The molecule has 0 aliphatic heterocycles. The van der Waals surface area contributed by atoms with Crippen LogP contribution in [0.2, 0.25) is 0 Å². The van der Waals surface area contributed by atoms with Crippen molar-refractivity contribution in [1.29, 1.82) is 0 Å². The van der Waals surface area contributed by atoms with E-state index in [1.807, 2.05) is 0 Å². The number of unbranched alkanes of at least 4 members (excludes halogenated alkanes) is 11. The zero-order valence-electron chi connectivity index (χ0n) is 14.9. The van der Waals surface area contributed by atoms with Crippen LogP contribution in [0.3, 0.4) is 0 Å². The lowest BCUT2D eigenvalue weighted by Gasteiger charge is -2.00. The molecule has 0 radical (unpaired) electrons. The Hall–Kier alpha value is -1.34. The Morgan fingerprint density at radius 2 is 1.35 bits per heavy atom. The highest BCUT2D eigenvalue weighted by Gasteiger charge is 1.98. The number of hydrogen-bond donors (Lipinski definition) is 1. The van der Waals surface area contributed by atoms with Gasteiger partial charge in [0.1, 0.15) is 5.94 Å². The van der Waals surface area contributed by atoms with Crippen LogP contribution in [0.5, 0.6) is 0 Å². The van der Waals surface area contributed by atoms with Gasteiger partial charge in [0, 0.05) is 6.42 Å². The summed E-state index contributed by atoms with van der Waals surface area (Å²) in [4.78, 5) is 21.1. The molecule has 0 aromatic carbocycles. The number of carbonyl (C=O) groups is 1. The molecule has 0 aromatic heterocycles. The van der Waals surface area contributed by atoms with Gasteiger partial charge in [-0.25, -0.2) is 4.79 Å². The van der Waals surface area contributed by atoms with Gasteiger partial charge in [-0.1, -0.05) is 70.4 Å². The predicted octanol–water partition coefficient (Wildman–Crippen LogP) is 5.49. The van der Waals surface area contributed by atoms with Crippen LogP contribution in [0, 0.1) is 0 Å². The van der Waals surface area contributed by atoms with Crippen molar-refractivity contribution in [3.8, 4) is 0 Å². The van der Waals surface area contributed by atoms with Crippen LogP contribution in [0.15, 0.2) is 18.4 Å². The summed E-state index contributed by atoms with van der Waals surface area (Å²) in [5, 5.41) is 2.39. The minimum absolute atomic E-state index is 0.0917. The van der Waals surface area contributed by atoms with Gasteiger partial charge in [-0.2, -0.15) is 0 Å². The fraction of sp³-hybridized carbons (Fsp3) is 0.750. The third-order valence-electron chi connectivity index (χ3n) is 3.96. The fourth-order valence-electron chi connectivity index (χ4n) is 2.54. The van der Waals surface area contributed by atoms with E-state index < -0.39 is 0 Å². The molecule has 132 valence electrons. The van der Waals surface area contributed by atoms with E-state index in [9.17, 15) is 9.59 Å². The summed E-state index contributed by atoms with van der Waals surface area (Å²) in [7, 11) is 0. The summed E-state index contributed by atoms with van der Waals surface area (Å²) in [5.41, 5.74) is 0. The Balaban J connectivity index is 3.19. The molecule has 0 rings (SSSR count). The van der Waals surface area contributed by atoms with Crippen molar-refractivity contribution in [3.63, 3.8) is 0 Å². The minimum atomic E-state index is -0.0917. The lowest BCUT2D eigenvalue weighted by atomic mass is 10.1. The molecule has 3 nitrogen and oxygen atoms in total. The zero-order chi connectivity index (χ0) is 17.0. The molecular formula is C20H35NO2. The summed E-state index contributed by atoms with van der Waals surface area (Å²) in [5.74, 6) is 1.45. The molecule has 0 saturated carbocycles. The quantitative estimate of drug-likeness (QED) is 0.232. The van der Waals surface area contributed by atoms with Gasteiger partial charge in [0.2, 0.25) is 5.91 Å². The van der Waals surface area contributed by atoms with E-state index in [1.165, 1.54) is 76.6 Å². The molecule has 1 amide bonds. The first kappa shape index (κ1) is 21.7. The van der Waals surface area contributed by atoms with Gasteiger partial charge in [-0.15, -0.1) is 0 Å². The van der Waals surface area contributed by atoms with Gasteiger partial charge >= 0.3 is 0 Å². The Bertz CT molecular complexity index is 344. The lowest BCUT2D eigenvalue weighted by Crippen LogP contribution is -2.16. The SMILES string of the molecule is CCCCCCCC/C=C\CCCCCCCC(=O)NC=C=O. The second-order valence-electron chi connectivity index (χ2n) is 6.16. The van der Waals surface area contributed by atoms with Crippen molar-refractivity contribution in [3.05, 3.63) is 18.4 Å². The number of rotatable bonds is 16. The maximum absolute atomic E-state index is 11.2. The molecular weight excluding hydrogens is 286 g/mol. The van der Waals surface area contributed by atoms with Crippen molar-refractivity contribution >= 4 is 11.8 Å². The largest absolute Gasteiger partial charge is 0.323 e. The molecule has 0 bridgehead atoms. The summed E-state index contributed by atoms with van der Waals surface area (Å²) in [6.45, 7) is 2.26. The molecule has 0 atom stereocenters. The van der Waals surface area contributed by atoms with Gasteiger partial charge in [-0.3, -0.25) is 4.79 Å². The van der Waals surface area contributed by atoms with Crippen molar-refractivity contribution in [2.75, 3.05) is 0 Å². The fourth-order valence-corrected chi connectivity index (χ4v) is 2.54. The number of allylic oxidation sites excluding steroid dienone is 2. The summed E-state index contributed by atoms with van der Waals surface area (Å²) < 4.78 is 0. The Morgan fingerprint density at radius 1 is 0.826 bits per heavy atom. The van der Waals surface area contributed by atoms with Crippen LogP contribution in [-0.4, -0.2) is 11.8 Å². The Kier molecular flexibility index (Phi) is 17.6. The summed E-state index contributed by atoms with van der Waals surface area (Å²) in [6, 6.07) is 0. The van der Waals surface area contributed by atoms with Crippen LogP contribution in [0.25, 0.3) is 0 Å². The van der Waals surface area contributed by atoms with Crippen molar-refractivity contribution in [1.82, 2.24) is 5.32 Å². The zero-order valence-corrected chi connectivity index (χ0v) is 14.9. The van der Waals surface area contributed by atoms with E-state index in [0.717, 1.165) is 19.0 Å². The maximum atomic E-state index is 11.2. The molecule has 0 aliphatic rings. The summed E-state index contributed by atoms with van der Waals surface area (Å²) in [6.07, 6.45) is 22.4. The van der Waals surface area contributed by atoms with Crippen molar-refractivity contribution in [2.45, 2.75) is 96.8 Å². The highest BCUT2D eigenvalue weighted by atomic mass is 16.1. The smallest absolute Gasteiger partial charge is 0.224 e. The number of carbonyl (C=O) groups excluding carboxylic acids is 2. The average molecular weight is 322 g/mol. The second-order valence-corrected chi connectivity index (χ2v) is 6.16. The topological polar surface area (TPSA) is 46.2 Å². The van der Waals surface area contributed by atoms with E-state index >= 15 is 0 Å². The Morgan fingerprint density at radius 3 is 1.91 bits per heavy atom. The molecule has 0 saturated heterocycles. The first-order valence-corrected chi connectivity index (χ1v) is 9.45. The van der Waals surface area contributed by atoms with Crippen molar-refractivity contribution in [2.24, 2.45) is 0 Å². The van der Waals surface area contributed by atoms with Crippen LogP contribution >= 0.6 is 0 Å².